The number of nitrogens with two attached hydrogens (primary N) is 1. The van der Waals surface area contributed by atoms with Crippen molar-refractivity contribution in [3.05, 3.63) is 0 Å². The molecular formula is C13H24N2O. The van der Waals surface area contributed by atoms with E-state index in [2.05, 4.69) is 25.7 Å². The van der Waals surface area contributed by atoms with Gasteiger partial charge in [-0.1, -0.05) is 13.8 Å². The molecule has 0 aromatic heterocycles. The largest absolute Gasteiger partial charge is 0.335 e. The summed E-state index contributed by atoms with van der Waals surface area (Å²) in [7, 11) is 0. The first kappa shape index (κ1) is 11.9. The second-order valence-corrected chi connectivity index (χ2v) is 6.16. The first-order valence-electron chi connectivity index (χ1n) is 6.49. The average Bonchev–Trinajstić information content (AvgIpc) is 2.86. The van der Waals surface area contributed by atoms with Gasteiger partial charge in [0.25, 0.3) is 0 Å². The van der Waals surface area contributed by atoms with Gasteiger partial charge in [0.1, 0.15) is 0 Å². The number of carbonyl (C=O) groups is 1. The summed E-state index contributed by atoms with van der Waals surface area (Å²) < 4.78 is 0. The number of hydrogen-bond donors (Lipinski definition) is 1. The van der Waals surface area contributed by atoms with Gasteiger partial charge in [0, 0.05) is 24.5 Å². The van der Waals surface area contributed by atoms with Gasteiger partial charge in [-0.25, -0.2) is 0 Å². The highest BCUT2D eigenvalue weighted by molar-refractivity contribution is 5.83. The molecule has 2 aliphatic rings. The van der Waals surface area contributed by atoms with Crippen molar-refractivity contribution in [3.8, 4) is 0 Å². The smallest absolute Gasteiger partial charge is 0.226 e. The predicted molar refractivity (Wildman–Crippen MR) is 64.9 cm³/mol. The van der Waals surface area contributed by atoms with E-state index in [0.717, 1.165) is 19.3 Å². The van der Waals surface area contributed by atoms with Crippen molar-refractivity contribution in [2.24, 2.45) is 17.1 Å². The molecule has 92 valence electrons. The Balaban J connectivity index is 2.07. The number of hydrogen-bond acceptors (Lipinski definition) is 2. The van der Waals surface area contributed by atoms with Crippen LogP contribution in [-0.2, 0) is 4.79 Å². The summed E-state index contributed by atoms with van der Waals surface area (Å²) in [6, 6.07) is 0.666. The molecule has 3 nitrogen and oxygen atoms in total. The molecule has 3 atom stereocenters. The number of likely N-dealkylation sites (tertiary alicyclic amines) is 1. The fraction of sp³-hybridized carbons (Fsp3) is 0.923. The number of carbonyl (C=O) groups excluding carboxylic acids is 1. The van der Waals surface area contributed by atoms with Gasteiger partial charge in [-0.15, -0.1) is 0 Å². The van der Waals surface area contributed by atoms with Gasteiger partial charge in [-0.3, -0.25) is 4.79 Å². The molecule has 2 rings (SSSR count). The molecule has 1 aliphatic heterocycles. The van der Waals surface area contributed by atoms with Crippen LogP contribution in [0.4, 0.5) is 0 Å². The van der Waals surface area contributed by atoms with Gasteiger partial charge in [-0.2, -0.15) is 0 Å². The molecule has 1 saturated carbocycles. The van der Waals surface area contributed by atoms with Crippen molar-refractivity contribution >= 4 is 5.91 Å². The van der Waals surface area contributed by atoms with E-state index >= 15 is 0 Å². The lowest BCUT2D eigenvalue weighted by atomic mass is 9.95. The molecule has 16 heavy (non-hydrogen) atoms. The van der Waals surface area contributed by atoms with Crippen LogP contribution >= 0.6 is 0 Å². The number of amides is 1. The Morgan fingerprint density at radius 1 is 1.44 bits per heavy atom. The second kappa shape index (κ2) is 4.02. The molecule has 1 heterocycles. The quantitative estimate of drug-likeness (QED) is 0.777. The van der Waals surface area contributed by atoms with E-state index in [1.165, 1.54) is 6.42 Å². The summed E-state index contributed by atoms with van der Waals surface area (Å²) in [6.45, 7) is 7.14. The van der Waals surface area contributed by atoms with Crippen LogP contribution in [0.2, 0.25) is 0 Å². The molecule has 2 N–H and O–H groups in total. The van der Waals surface area contributed by atoms with Gasteiger partial charge in [0.05, 0.1) is 0 Å². The molecule has 0 bridgehead atoms. The van der Waals surface area contributed by atoms with E-state index in [4.69, 9.17) is 5.73 Å². The van der Waals surface area contributed by atoms with Crippen molar-refractivity contribution in [1.29, 1.82) is 0 Å². The summed E-state index contributed by atoms with van der Waals surface area (Å²) in [6.07, 6.45) is 4.47. The molecule has 3 heteroatoms. The van der Waals surface area contributed by atoms with Gasteiger partial charge < -0.3 is 10.6 Å². The fourth-order valence-corrected chi connectivity index (χ4v) is 2.98. The molecule has 1 aliphatic carbocycles. The van der Waals surface area contributed by atoms with Gasteiger partial charge in [0.15, 0.2) is 0 Å². The molecule has 0 aromatic rings. The maximum Gasteiger partial charge on any atom is 0.226 e. The maximum absolute atomic E-state index is 12.4. The van der Waals surface area contributed by atoms with E-state index < -0.39 is 0 Å². The minimum Gasteiger partial charge on any atom is -0.335 e. The van der Waals surface area contributed by atoms with E-state index in [9.17, 15) is 4.79 Å². The van der Waals surface area contributed by atoms with Crippen LogP contribution < -0.4 is 5.73 Å². The van der Waals surface area contributed by atoms with Crippen LogP contribution in [-0.4, -0.2) is 29.4 Å². The minimum atomic E-state index is 0.230. The lowest BCUT2D eigenvalue weighted by molar-refractivity contribution is -0.139. The normalized spacial score (nSPS) is 37.2. The third-order valence-corrected chi connectivity index (χ3v) is 4.37. The lowest BCUT2D eigenvalue weighted by Crippen LogP contribution is -2.52. The molecular weight excluding hydrogens is 200 g/mol. The highest BCUT2D eigenvalue weighted by Gasteiger charge is 2.53. The minimum absolute atomic E-state index is 0.230. The molecule has 0 spiro atoms. The Bertz CT molecular complexity index is 288. The highest BCUT2D eigenvalue weighted by atomic mass is 16.2. The van der Waals surface area contributed by atoms with Crippen molar-refractivity contribution in [2.75, 3.05) is 6.54 Å². The molecule has 1 saturated heterocycles. The Morgan fingerprint density at radius 2 is 2.06 bits per heavy atom. The molecule has 2 fully saturated rings. The molecule has 3 unspecified atom stereocenters. The third kappa shape index (κ3) is 1.97. The highest BCUT2D eigenvalue weighted by Crippen LogP contribution is 2.53. The number of nitrogens with zero attached hydrogens (tertiary/aromatic N) is 1. The molecule has 1 amide bonds. The van der Waals surface area contributed by atoms with Crippen LogP contribution in [0.25, 0.3) is 0 Å². The van der Waals surface area contributed by atoms with Gasteiger partial charge in [0.2, 0.25) is 5.91 Å². The first-order chi connectivity index (χ1) is 7.47. The predicted octanol–water partition coefficient (Wildman–Crippen LogP) is 1.76. The van der Waals surface area contributed by atoms with E-state index in [1.807, 2.05) is 0 Å². The topological polar surface area (TPSA) is 46.3 Å². The van der Waals surface area contributed by atoms with Crippen LogP contribution in [0, 0.1) is 11.3 Å². The zero-order valence-corrected chi connectivity index (χ0v) is 10.7. The Hall–Kier alpha value is -0.570. The molecule has 0 radical (unpaired) electrons. The zero-order valence-electron chi connectivity index (χ0n) is 10.7. The summed E-state index contributed by atoms with van der Waals surface area (Å²) >= 11 is 0. The first-order valence-corrected chi connectivity index (χ1v) is 6.49. The van der Waals surface area contributed by atoms with Gasteiger partial charge >= 0.3 is 0 Å². The SMILES string of the molecule is CC1CCCC(CN)N1C(=O)C1CC1(C)C. The Labute approximate surface area is 98.4 Å². The maximum atomic E-state index is 12.4. The standard InChI is InChI=1S/C13H24N2O/c1-9-5-4-6-10(8-14)15(9)12(16)11-7-13(11,2)3/h9-11H,4-8,14H2,1-3H3. The monoisotopic (exact) mass is 224 g/mol. The van der Waals surface area contributed by atoms with Crippen molar-refractivity contribution in [1.82, 2.24) is 4.90 Å². The van der Waals surface area contributed by atoms with Crippen molar-refractivity contribution < 1.29 is 4.79 Å². The van der Waals surface area contributed by atoms with Crippen molar-refractivity contribution in [3.63, 3.8) is 0 Å². The van der Waals surface area contributed by atoms with Crippen LogP contribution in [0.15, 0.2) is 0 Å². The zero-order chi connectivity index (χ0) is 11.9. The summed E-state index contributed by atoms with van der Waals surface area (Å²) in [4.78, 5) is 14.5. The molecule has 0 aromatic carbocycles. The van der Waals surface area contributed by atoms with Gasteiger partial charge in [-0.05, 0) is 38.0 Å². The fourth-order valence-electron chi connectivity index (χ4n) is 2.98. The second-order valence-electron chi connectivity index (χ2n) is 6.16. The van der Waals surface area contributed by atoms with Crippen LogP contribution in [0.3, 0.4) is 0 Å². The summed E-state index contributed by atoms with van der Waals surface area (Å²) in [5.74, 6) is 0.606. The van der Waals surface area contributed by atoms with Crippen LogP contribution in [0.5, 0.6) is 0 Å². The number of piperidine rings is 1. The number of rotatable bonds is 2. The Morgan fingerprint density at radius 3 is 2.56 bits per heavy atom. The lowest BCUT2D eigenvalue weighted by Gasteiger charge is -2.40. The summed E-state index contributed by atoms with van der Waals surface area (Å²) in [5.41, 5.74) is 6.02. The third-order valence-electron chi connectivity index (χ3n) is 4.37. The van der Waals surface area contributed by atoms with E-state index in [-0.39, 0.29) is 17.4 Å². The average molecular weight is 224 g/mol. The van der Waals surface area contributed by atoms with Crippen LogP contribution in [0.1, 0.15) is 46.5 Å². The van der Waals surface area contributed by atoms with E-state index in [0.29, 0.717) is 18.5 Å². The van der Waals surface area contributed by atoms with Crippen molar-refractivity contribution in [2.45, 2.75) is 58.5 Å². The Kier molecular flexibility index (Phi) is 2.99. The summed E-state index contributed by atoms with van der Waals surface area (Å²) in [5, 5.41) is 0. The van der Waals surface area contributed by atoms with E-state index in [1.54, 1.807) is 0 Å².